The van der Waals surface area contributed by atoms with E-state index >= 15 is 0 Å². The third kappa shape index (κ3) is 3.37. The largest absolute Gasteiger partial charge is 0.394 e. The highest BCUT2D eigenvalue weighted by atomic mass is 16.3. The van der Waals surface area contributed by atoms with E-state index in [9.17, 15) is 19.8 Å². The van der Waals surface area contributed by atoms with Crippen LogP contribution in [-0.2, 0) is 9.59 Å². The highest BCUT2D eigenvalue weighted by Gasteiger charge is 2.40. The van der Waals surface area contributed by atoms with Crippen molar-refractivity contribution in [3.8, 4) is 0 Å². The molecule has 1 saturated carbocycles. The van der Waals surface area contributed by atoms with Gasteiger partial charge in [-0.2, -0.15) is 0 Å². The van der Waals surface area contributed by atoms with Crippen LogP contribution in [0.1, 0.15) is 45.4 Å². The first kappa shape index (κ1) is 16.2. The minimum Gasteiger partial charge on any atom is -0.394 e. The Morgan fingerprint density at radius 2 is 1.95 bits per heavy atom. The van der Waals surface area contributed by atoms with E-state index in [2.05, 4.69) is 5.32 Å². The summed E-state index contributed by atoms with van der Waals surface area (Å²) in [5.41, 5.74) is -0.985. The normalized spacial score (nSPS) is 23.9. The van der Waals surface area contributed by atoms with Crippen molar-refractivity contribution in [2.24, 2.45) is 5.92 Å². The van der Waals surface area contributed by atoms with E-state index < -0.39 is 5.54 Å². The third-order valence-electron chi connectivity index (χ3n) is 4.97. The van der Waals surface area contributed by atoms with Crippen LogP contribution >= 0.6 is 0 Å². The van der Waals surface area contributed by atoms with Crippen molar-refractivity contribution in [2.75, 3.05) is 19.8 Å². The summed E-state index contributed by atoms with van der Waals surface area (Å²) in [5.74, 6) is -0.562. The minimum atomic E-state index is -0.985. The van der Waals surface area contributed by atoms with Crippen LogP contribution in [0.4, 0.5) is 0 Å². The van der Waals surface area contributed by atoms with Gasteiger partial charge in [-0.05, 0) is 19.3 Å². The molecule has 1 saturated heterocycles. The molecule has 0 aromatic heterocycles. The monoisotopic (exact) mass is 298 g/mol. The van der Waals surface area contributed by atoms with Gasteiger partial charge in [0.1, 0.15) is 0 Å². The highest BCUT2D eigenvalue weighted by Crippen LogP contribution is 2.29. The molecule has 0 aromatic rings. The second kappa shape index (κ2) is 6.75. The Bertz CT molecular complexity index is 381. The molecule has 1 unspecified atom stereocenters. The molecule has 2 fully saturated rings. The molecular weight excluding hydrogens is 272 g/mol. The minimum absolute atomic E-state index is 0.0529. The molecule has 2 aliphatic rings. The van der Waals surface area contributed by atoms with Crippen molar-refractivity contribution >= 4 is 11.8 Å². The van der Waals surface area contributed by atoms with Gasteiger partial charge in [0.15, 0.2) is 0 Å². The maximum absolute atomic E-state index is 12.3. The van der Waals surface area contributed by atoms with Crippen LogP contribution in [0.3, 0.4) is 0 Å². The fraction of sp³-hybridized carbons (Fsp3) is 0.867. The van der Waals surface area contributed by atoms with Gasteiger partial charge in [-0.1, -0.05) is 19.8 Å². The molecule has 1 aliphatic carbocycles. The molecule has 21 heavy (non-hydrogen) atoms. The van der Waals surface area contributed by atoms with Crippen molar-refractivity contribution in [1.29, 1.82) is 0 Å². The molecule has 1 aliphatic heterocycles. The summed E-state index contributed by atoms with van der Waals surface area (Å²) in [6.45, 7) is 1.65. The van der Waals surface area contributed by atoms with Gasteiger partial charge in [0.05, 0.1) is 24.7 Å². The van der Waals surface area contributed by atoms with Crippen molar-refractivity contribution in [2.45, 2.75) is 57.0 Å². The first-order valence-electron chi connectivity index (χ1n) is 7.88. The first-order chi connectivity index (χ1) is 10.0. The molecule has 0 spiro atoms. The lowest BCUT2D eigenvalue weighted by atomic mass is 9.96. The number of rotatable bonds is 6. The molecule has 1 atom stereocenters. The van der Waals surface area contributed by atoms with E-state index in [1.54, 1.807) is 6.92 Å². The molecular formula is C15H26N2O4. The van der Waals surface area contributed by atoms with Crippen LogP contribution in [0.25, 0.3) is 0 Å². The molecule has 120 valence electrons. The van der Waals surface area contributed by atoms with Gasteiger partial charge in [-0.3, -0.25) is 9.59 Å². The van der Waals surface area contributed by atoms with E-state index in [1.165, 1.54) is 0 Å². The van der Waals surface area contributed by atoms with Crippen LogP contribution in [0.15, 0.2) is 0 Å². The van der Waals surface area contributed by atoms with Crippen LogP contribution in [0.5, 0.6) is 0 Å². The maximum atomic E-state index is 12.3. The number of nitrogens with one attached hydrogen (secondary N) is 1. The zero-order chi connectivity index (χ0) is 15.5. The van der Waals surface area contributed by atoms with Crippen molar-refractivity contribution in [3.63, 3.8) is 0 Å². The average molecular weight is 298 g/mol. The zero-order valence-electron chi connectivity index (χ0n) is 12.7. The van der Waals surface area contributed by atoms with Crippen LogP contribution in [0, 0.1) is 5.92 Å². The topological polar surface area (TPSA) is 89.9 Å². The molecule has 2 amide bonds. The smallest absolute Gasteiger partial charge is 0.226 e. The summed E-state index contributed by atoms with van der Waals surface area (Å²) in [6.07, 6.45) is 5.05. The molecule has 0 bridgehead atoms. The van der Waals surface area contributed by atoms with E-state index in [0.717, 1.165) is 25.7 Å². The Labute approximate surface area is 125 Å². The van der Waals surface area contributed by atoms with Gasteiger partial charge < -0.3 is 20.4 Å². The number of likely N-dealkylation sites (tertiary alicyclic amines) is 1. The van der Waals surface area contributed by atoms with E-state index in [4.69, 9.17) is 0 Å². The second-order valence-electron chi connectivity index (χ2n) is 6.32. The summed E-state index contributed by atoms with van der Waals surface area (Å²) in [6, 6.07) is 0.293. The molecule has 6 heteroatoms. The van der Waals surface area contributed by atoms with E-state index in [1.807, 2.05) is 4.90 Å². The number of aliphatic hydroxyl groups is 2. The number of aliphatic hydroxyl groups excluding tert-OH is 2. The first-order valence-corrected chi connectivity index (χ1v) is 7.88. The van der Waals surface area contributed by atoms with E-state index in [0.29, 0.717) is 19.0 Å². The van der Waals surface area contributed by atoms with Crippen molar-refractivity contribution < 1.29 is 19.8 Å². The number of hydrogen-bond donors (Lipinski definition) is 3. The third-order valence-corrected chi connectivity index (χ3v) is 4.97. The summed E-state index contributed by atoms with van der Waals surface area (Å²) in [4.78, 5) is 26.3. The van der Waals surface area contributed by atoms with Gasteiger partial charge in [0.25, 0.3) is 0 Å². The Morgan fingerprint density at radius 3 is 2.48 bits per heavy atom. The summed E-state index contributed by atoms with van der Waals surface area (Å²) >= 11 is 0. The van der Waals surface area contributed by atoms with Crippen LogP contribution < -0.4 is 5.32 Å². The SMILES string of the molecule is CCC(CO)(CO)NC(=O)C1CC(=O)N(C2CCCC2)C1. The van der Waals surface area contributed by atoms with Gasteiger partial charge in [0, 0.05) is 19.0 Å². The number of amides is 2. The maximum Gasteiger partial charge on any atom is 0.226 e. The molecule has 2 rings (SSSR count). The Kier molecular flexibility index (Phi) is 5.22. The highest BCUT2D eigenvalue weighted by molar-refractivity contribution is 5.89. The lowest BCUT2D eigenvalue weighted by Crippen LogP contribution is -2.55. The second-order valence-corrected chi connectivity index (χ2v) is 6.32. The summed E-state index contributed by atoms with van der Waals surface area (Å²) < 4.78 is 0. The quantitative estimate of drug-likeness (QED) is 0.645. The van der Waals surface area contributed by atoms with Gasteiger partial charge >= 0.3 is 0 Å². The lowest BCUT2D eigenvalue weighted by Gasteiger charge is -2.31. The molecule has 1 heterocycles. The number of carbonyl (C=O) groups excluding carboxylic acids is 2. The Hall–Kier alpha value is -1.14. The summed E-state index contributed by atoms with van der Waals surface area (Å²) in [7, 11) is 0. The number of carbonyl (C=O) groups is 2. The fourth-order valence-electron chi connectivity index (χ4n) is 3.28. The van der Waals surface area contributed by atoms with Crippen LogP contribution in [-0.4, -0.2) is 58.3 Å². The Morgan fingerprint density at radius 1 is 1.33 bits per heavy atom. The zero-order valence-corrected chi connectivity index (χ0v) is 12.7. The number of nitrogens with zero attached hydrogens (tertiary/aromatic N) is 1. The predicted octanol–water partition coefficient (Wildman–Crippen LogP) is 0.0271. The lowest BCUT2D eigenvalue weighted by molar-refractivity contribution is -0.131. The predicted molar refractivity (Wildman–Crippen MR) is 77.4 cm³/mol. The molecule has 0 radical (unpaired) electrons. The fourth-order valence-corrected chi connectivity index (χ4v) is 3.28. The van der Waals surface area contributed by atoms with Gasteiger partial charge in [0.2, 0.25) is 11.8 Å². The molecule has 6 nitrogen and oxygen atoms in total. The number of hydrogen-bond acceptors (Lipinski definition) is 4. The summed E-state index contributed by atoms with van der Waals surface area (Å²) in [5, 5.41) is 21.5. The van der Waals surface area contributed by atoms with Gasteiger partial charge in [-0.25, -0.2) is 0 Å². The molecule has 3 N–H and O–H groups in total. The van der Waals surface area contributed by atoms with Crippen molar-refractivity contribution in [1.82, 2.24) is 10.2 Å². The van der Waals surface area contributed by atoms with Crippen LogP contribution in [0.2, 0.25) is 0 Å². The Balaban J connectivity index is 1.96. The molecule has 0 aromatic carbocycles. The van der Waals surface area contributed by atoms with Crippen molar-refractivity contribution in [3.05, 3.63) is 0 Å². The average Bonchev–Trinajstić information content (AvgIpc) is 3.13. The van der Waals surface area contributed by atoms with E-state index in [-0.39, 0.29) is 37.4 Å². The van der Waals surface area contributed by atoms with Gasteiger partial charge in [-0.15, -0.1) is 0 Å². The standard InChI is InChI=1S/C15H26N2O4/c1-2-15(9-18,10-19)16-14(21)11-7-13(20)17(8-11)12-5-3-4-6-12/h11-12,18-19H,2-10H2,1H3,(H,16,21).